The van der Waals surface area contributed by atoms with E-state index in [4.69, 9.17) is 18.9 Å². The highest BCUT2D eigenvalue weighted by Crippen LogP contribution is 2.19. The van der Waals surface area contributed by atoms with E-state index in [0.717, 1.165) is 103 Å². The summed E-state index contributed by atoms with van der Waals surface area (Å²) in [6.45, 7) is 15.0. The number of hydrogen-bond acceptors (Lipinski definition) is 8. The summed E-state index contributed by atoms with van der Waals surface area (Å²) in [5.41, 5.74) is 0. The van der Waals surface area contributed by atoms with Gasteiger partial charge in [0.25, 0.3) is 0 Å². The van der Waals surface area contributed by atoms with Gasteiger partial charge in [0.15, 0.2) is 0 Å². The molecule has 0 radical (unpaired) electrons. The first kappa shape index (κ1) is 65.1. The maximum Gasteiger partial charge on any atom is 0.305 e. The Morgan fingerprint density at radius 1 is 0.338 bits per heavy atom. The van der Waals surface area contributed by atoms with E-state index < -0.39 is 0 Å². The van der Waals surface area contributed by atoms with Gasteiger partial charge >= 0.3 is 23.9 Å². The monoisotopic (exact) mass is 957 g/mol. The van der Waals surface area contributed by atoms with Crippen molar-refractivity contribution in [2.24, 2.45) is 23.7 Å². The van der Waals surface area contributed by atoms with E-state index in [1.165, 1.54) is 89.9 Å². The molecule has 0 aromatic carbocycles. The molecule has 0 fully saturated rings. The molecule has 4 unspecified atom stereocenters. The van der Waals surface area contributed by atoms with Gasteiger partial charge in [0.05, 0.1) is 19.8 Å². The summed E-state index contributed by atoms with van der Waals surface area (Å²) in [6, 6.07) is 0. The summed E-state index contributed by atoms with van der Waals surface area (Å²) in [4.78, 5) is 50.0. The molecule has 0 aromatic rings. The second-order valence-electron chi connectivity index (χ2n) is 19.8. The molecule has 0 bridgehead atoms. The van der Waals surface area contributed by atoms with Gasteiger partial charge in [-0.15, -0.1) is 0 Å². The van der Waals surface area contributed by atoms with Crippen molar-refractivity contribution < 1.29 is 38.1 Å². The van der Waals surface area contributed by atoms with Crippen molar-refractivity contribution in [3.63, 3.8) is 0 Å². The first-order valence-electron chi connectivity index (χ1n) is 28.8. The third kappa shape index (κ3) is 44.3. The molecule has 0 aliphatic carbocycles. The van der Waals surface area contributed by atoms with Gasteiger partial charge in [-0.1, -0.05) is 200 Å². The number of hydrogen-bond donors (Lipinski definition) is 0. The fourth-order valence-electron chi connectivity index (χ4n) is 8.32. The lowest BCUT2D eigenvalue weighted by Crippen LogP contribution is -2.13. The molecule has 8 heteroatoms. The number of ether oxygens (including phenoxy) is 4. The first-order chi connectivity index (χ1) is 33.2. The first-order valence-corrected chi connectivity index (χ1v) is 28.8. The number of esters is 4. The Labute approximate surface area is 419 Å². The van der Waals surface area contributed by atoms with Gasteiger partial charge in [-0.25, -0.2) is 0 Å². The summed E-state index contributed by atoms with van der Waals surface area (Å²) in [6.07, 6.45) is 49.6. The Kier molecular flexibility index (Phi) is 48.3. The van der Waals surface area contributed by atoms with Crippen LogP contribution in [0.1, 0.15) is 273 Å². The predicted molar refractivity (Wildman–Crippen MR) is 285 cm³/mol. The van der Waals surface area contributed by atoms with Gasteiger partial charge in [-0.05, 0) is 95.3 Å². The quantitative estimate of drug-likeness (QED) is 0.0257. The molecule has 0 aliphatic rings. The standard InChI is InChI=1S/C60H108O8/c1-7-13-17-19-21-26-32-42-56(44-34-28-24-30-36-46-58(62)66-50-54(12-6)40-16-10-4)52-68-60(64)48-38-37-47-59(63)67-51-55(41-31-25-20-18-14-8-2)43-33-27-22-23-29-35-45-57(61)65-49-53(11-5)39-15-9-3/h32-34,42-44,53-56H,7-31,35-41,45-52H2,1-6H3/b42-32+,43-33+,44-34-. The number of carbonyl (C=O) groups is 4. The highest BCUT2D eigenvalue weighted by Gasteiger charge is 2.14. The molecular formula is C60H108O8. The van der Waals surface area contributed by atoms with Crippen molar-refractivity contribution in [2.45, 2.75) is 273 Å². The Balaban J connectivity index is 4.72. The molecule has 396 valence electrons. The molecule has 0 amide bonds. The van der Waals surface area contributed by atoms with Gasteiger partial charge in [-0.3, -0.25) is 19.2 Å². The Morgan fingerprint density at radius 2 is 0.676 bits per heavy atom. The predicted octanol–water partition coefficient (Wildman–Crippen LogP) is 17.5. The van der Waals surface area contributed by atoms with E-state index in [0.29, 0.717) is 70.4 Å². The summed E-state index contributed by atoms with van der Waals surface area (Å²) < 4.78 is 22.6. The molecule has 0 heterocycles. The van der Waals surface area contributed by atoms with Crippen LogP contribution in [0.25, 0.3) is 0 Å². The fraction of sp³-hybridized carbons (Fsp3) is 0.833. The van der Waals surface area contributed by atoms with E-state index in [9.17, 15) is 19.2 Å². The van der Waals surface area contributed by atoms with E-state index in [1.54, 1.807) is 0 Å². The largest absolute Gasteiger partial charge is 0.465 e. The zero-order chi connectivity index (χ0) is 50.0. The summed E-state index contributed by atoms with van der Waals surface area (Å²) in [7, 11) is 0. The highest BCUT2D eigenvalue weighted by atomic mass is 16.5. The van der Waals surface area contributed by atoms with Crippen LogP contribution in [-0.4, -0.2) is 50.3 Å². The smallest absolute Gasteiger partial charge is 0.305 e. The number of rotatable bonds is 50. The van der Waals surface area contributed by atoms with Gasteiger partial charge in [-0.2, -0.15) is 0 Å². The van der Waals surface area contributed by atoms with E-state index in [2.05, 4.69) is 78.0 Å². The van der Waals surface area contributed by atoms with E-state index >= 15 is 0 Å². The Bertz CT molecular complexity index is 1260. The van der Waals surface area contributed by atoms with Crippen molar-refractivity contribution in [1.29, 1.82) is 0 Å². The molecule has 0 rings (SSSR count). The third-order valence-corrected chi connectivity index (χ3v) is 13.3. The topological polar surface area (TPSA) is 105 Å². The van der Waals surface area contributed by atoms with E-state index in [-0.39, 0.29) is 42.1 Å². The minimum Gasteiger partial charge on any atom is -0.465 e. The number of unbranched alkanes of at least 4 members (excludes halogenated alkanes) is 20. The summed E-state index contributed by atoms with van der Waals surface area (Å²) >= 11 is 0. The maximum absolute atomic E-state index is 12.8. The van der Waals surface area contributed by atoms with Crippen LogP contribution in [0.3, 0.4) is 0 Å². The molecule has 0 aliphatic heterocycles. The van der Waals surface area contributed by atoms with Gasteiger partial charge < -0.3 is 18.9 Å². The van der Waals surface area contributed by atoms with Gasteiger partial charge in [0.2, 0.25) is 0 Å². The average Bonchev–Trinajstić information content (AvgIpc) is 3.34. The molecule has 68 heavy (non-hydrogen) atoms. The number of carbonyl (C=O) groups excluding carboxylic acids is 4. The van der Waals surface area contributed by atoms with Gasteiger partial charge in [0, 0.05) is 37.5 Å². The minimum atomic E-state index is -0.225. The van der Waals surface area contributed by atoms with Crippen LogP contribution in [0.15, 0.2) is 36.5 Å². The minimum absolute atomic E-state index is 0.0260. The maximum atomic E-state index is 12.8. The second-order valence-corrected chi connectivity index (χ2v) is 19.8. The number of allylic oxidation sites excluding steroid dienone is 3. The SMILES string of the molecule is CCCCCCC/C=C/C(/C=C\CCCCCC(=O)OCC(CC)CCCC)COC(=O)CCCCC(=O)OCC(/C=C/CCCCCCC(=O)OCC(CC)CCCC)CCCCCCCC. The van der Waals surface area contributed by atoms with Crippen LogP contribution in [-0.2, 0) is 38.1 Å². The van der Waals surface area contributed by atoms with Gasteiger partial charge in [0.1, 0.15) is 6.61 Å². The molecule has 0 N–H and O–H groups in total. The zero-order valence-corrected chi connectivity index (χ0v) is 45.3. The molecule has 0 saturated carbocycles. The average molecular weight is 958 g/mol. The van der Waals surface area contributed by atoms with Crippen LogP contribution in [0.5, 0.6) is 0 Å². The van der Waals surface area contributed by atoms with Crippen molar-refractivity contribution in [3.8, 4) is 0 Å². The lowest BCUT2D eigenvalue weighted by molar-refractivity contribution is -0.146. The molecule has 0 spiro atoms. The van der Waals surface area contributed by atoms with Crippen LogP contribution >= 0.6 is 0 Å². The Morgan fingerprint density at radius 3 is 1.12 bits per heavy atom. The van der Waals surface area contributed by atoms with Crippen molar-refractivity contribution in [1.82, 2.24) is 0 Å². The highest BCUT2D eigenvalue weighted by molar-refractivity contribution is 5.71. The molecule has 0 saturated heterocycles. The van der Waals surface area contributed by atoms with Crippen molar-refractivity contribution >= 4 is 23.9 Å². The third-order valence-electron chi connectivity index (χ3n) is 13.3. The normalized spacial score (nSPS) is 13.6. The fourth-order valence-corrected chi connectivity index (χ4v) is 8.32. The Hall–Kier alpha value is -2.90. The summed E-state index contributed by atoms with van der Waals surface area (Å²) in [5, 5.41) is 0. The molecular weight excluding hydrogens is 849 g/mol. The molecule has 8 nitrogen and oxygen atoms in total. The van der Waals surface area contributed by atoms with Crippen LogP contribution < -0.4 is 0 Å². The molecule has 0 aromatic heterocycles. The van der Waals surface area contributed by atoms with Crippen LogP contribution in [0.4, 0.5) is 0 Å². The van der Waals surface area contributed by atoms with Crippen molar-refractivity contribution in [3.05, 3.63) is 36.5 Å². The lowest BCUT2D eigenvalue weighted by atomic mass is 9.99. The van der Waals surface area contributed by atoms with Crippen LogP contribution in [0.2, 0.25) is 0 Å². The zero-order valence-electron chi connectivity index (χ0n) is 45.3. The van der Waals surface area contributed by atoms with E-state index in [1.807, 2.05) is 0 Å². The molecule has 4 atom stereocenters. The second kappa shape index (κ2) is 50.5. The van der Waals surface area contributed by atoms with Crippen LogP contribution in [0, 0.1) is 23.7 Å². The summed E-state index contributed by atoms with van der Waals surface area (Å²) in [5.74, 6) is 0.648. The lowest BCUT2D eigenvalue weighted by Gasteiger charge is -2.14. The van der Waals surface area contributed by atoms with Crippen molar-refractivity contribution in [2.75, 3.05) is 26.4 Å².